The van der Waals surface area contributed by atoms with E-state index in [9.17, 15) is 4.55 Å². The van der Waals surface area contributed by atoms with Crippen LogP contribution in [0.4, 0.5) is 0 Å². The maximum atomic E-state index is 11.7. The highest BCUT2D eigenvalue weighted by Gasteiger charge is 2.27. The lowest BCUT2D eigenvalue weighted by atomic mass is 9.99. The molecule has 3 heteroatoms. The van der Waals surface area contributed by atoms with E-state index in [0.29, 0.717) is 0 Å². The molecular weight excluding hydrogens is 182 g/mol. The SMILES string of the molecule is CC(C)(C)[S@+]([O-])N=C1CCCCC1. The lowest BCUT2D eigenvalue weighted by molar-refractivity contribution is 0.560. The third-order valence-electron chi connectivity index (χ3n) is 2.17. The molecule has 0 radical (unpaired) electrons. The zero-order valence-corrected chi connectivity index (χ0v) is 9.62. The minimum absolute atomic E-state index is 0.204. The van der Waals surface area contributed by atoms with Gasteiger partial charge in [-0.25, -0.2) is 0 Å². The summed E-state index contributed by atoms with van der Waals surface area (Å²) in [5, 5.41) is 0. The van der Waals surface area contributed by atoms with Gasteiger partial charge in [0.25, 0.3) is 0 Å². The highest BCUT2D eigenvalue weighted by Crippen LogP contribution is 2.21. The first kappa shape index (κ1) is 11.1. The number of hydrogen-bond donors (Lipinski definition) is 0. The molecule has 0 unspecified atom stereocenters. The van der Waals surface area contributed by atoms with Crippen LogP contribution in [0.3, 0.4) is 0 Å². The van der Waals surface area contributed by atoms with Crippen LogP contribution in [0.2, 0.25) is 0 Å². The molecule has 0 aliphatic heterocycles. The van der Waals surface area contributed by atoms with E-state index in [0.717, 1.165) is 12.8 Å². The maximum Gasteiger partial charge on any atom is 0.144 e. The molecule has 1 atom stereocenters. The van der Waals surface area contributed by atoms with E-state index in [1.54, 1.807) is 0 Å². The molecule has 1 aliphatic rings. The molecular formula is C10H19NOS. The molecule has 0 heterocycles. The first-order valence-corrected chi connectivity index (χ1v) is 6.09. The molecule has 1 aliphatic carbocycles. The number of nitrogens with zero attached hydrogens (tertiary/aromatic N) is 1. The molecule has 0 aromatic rings. The van der Waals surface area contributed by atoms with Crippen molar-refractivity contribution < 1.29 is 4.55 Å². The number of hydrogen-bond acceptors (Lipinski definition) is 2. The summed E-state index contributed by atoms with van der Waals surface area (Å²) < 4.78 is 15.7. The van der Waals surface area contributed by atoms with Gasteiger partial charge in [-0.2, -0.15) is 0 Å². The molecule has 1 rings (SSSR count). The van der Waals surface area contributed by atoms with Crippen molar-refractivity contribution in [2.24, 2.45) is 4.40 Å². The minimum atomic E-state index is -1.05. The van der Waals surface area contributed by atoms with Crippen LogP contribution in [0.15, 0.2) is 4.40 Å². The summed E-state index contributed by atoms with van der Waals surface area (Å²) in [7, 11) is 0. The summed E-state index contributed by atoms with van der Waals surface area (Å²) in [4.78, 5) is 0. The Hall–Kier alpha value is -0.0200. The van der Waals surface area contributed by atoms with Gasteiger partial charge < -0.3 is 4.55 Å². The molecule has 1 saturated carbocycles. The molecule has 0 spiro atoms. The van der Waals surface area contributed by atoms with Gasteiger partial charge in [0.15, 0.2) is 0 Å². The quantitative estimate of drug-likeness (QED) is 0.601. The van der Waals surface area contributed by atoms with E-state index in [-0.39, 0.29) is 4.75 Å². The van der Waals surface area contributed by atoms with Gasteiger partial charge in [0.1, 0.15) is 16.1 Å². The maximum absolute atomic E-state index is 11.7. The van der Waals surface area contributed by atoms with Crippen LogP contribution in [-0.2, 0) is 11.4 Å². The van der Waals surface area contributed by atoms with E-state index < -0.39 is 11.4 Å². The van der Waals surface area contributed by atoms with E-state index >= 15 is 0 Å². The minimum Gasteiger partial charge on any atom is -0.591 e. The molecule has 2 nitrogen and oxygen atoms in total. The second-order valence-corrected chi connectivity index (χ2v) is 6.49. The van der Waals surface area contributed by atoms with Crippen molar-refractivity contribution in [3.8, 4) is 0 Å². The van der Waals surface area contributed by atoms with E-state index in [1.807, 2.05) is 20.8 Å². The van der Waals surface area contributed by atoms with Crippen molar-refractivity contribution in [1.82, 2.24) is 0 Å². The van der Waals surface area contributed by atoms with Crippen molar-refractivity contribution in [3.05, 3.63) is 0 Å². The molecule has 0 aromatic heterocycles. The van der Waals surface area contributed by atoms with Gasteiger partial charge in [0.2, 0.25) is 0 Å². The number of rotatable bonds is 1. The molecule has 0 amide bonds. The highest BCUT2D eigenvalue weighted by atomic mass is 32.2. The largest absolute Gasteiger partial charge is 0.591 e. The highest BCUT2D eigenvalue weighted by molar-refractivity contribution is 7.91. The summed E-state index contributed by atoms with van der Waals surface area (Å²) >= 11 is -1.05. The first-order chi connectivity index (χ1) is 6.00. The Morgan fingerprint density at radius 3 is 2.15 bits per heavy atom. The Bertz CT molecular complexity index is 188. The Morgan fingerprint density at radius 2 is 1.69 bits per heavy atom. The van der Waals surface area contributed by atoms with Crippen molar-refractivity contribution >= 4 is 17.1 Å². The van der Waals surface area contributed by atoms with Gasteiger partial charge in [-0.3, -0.25) is 0 Å². The zero-order valence-electron chi connectivity index (χ0n) is 8.80. The Labute approximate surface area is 84.1 Å². The van der Waals surface area contributed by atoms with Crippen molar-refractivity contribution in [2.75, 3.05) is 0 Å². The molecule has 0 saturated heterocycles. The van der Waals surface area contributed by atoms with Crippen LogP contribution in [0.1, 0.15) is 52.9 Å². The third kappa shape index (κ3) is 3.69. The first-order valence-electron chi connectivity index (χ1n) is 4.98. The topological polar surface area (TPSA) is 35.4 Å². The van der Waals surface area contributed by atoms with Gasteiger partial charge in [-0.1, -0.05) is 10.8 Å². The summed E-state index contributed by atoms with van der Waals surface area (Å²) in [6.07, 6.45) is 5.87. The van der Waals surface area contributed by atoms with Gasteiger partial charge >= 0.3 is 0 Å². The molecule has 0 bridgehead atoms. The molecule has 0 N–H and O–H groups in total. The molecule has 1 fully saturated rings. The van der Waals surface area contributed by atoms with Crippen molar-refractivity contribution in [1.29, 1.82) is 0 Å². The van der Waals surface area contributed by atoms with Crippen molar-refractivity contribution in [2.45, 2.75) is 57.6 Å². The summed E-state index contributed by atoms with van der Waals surface area (Å²) in [6.45, 7) is 5.90. The average Bonchev–Trinajstić information content (AvgIpc) is 2.04. The summed E-state index contributed by atoms with van der Waals surface area (Å²) in [6, 6.07) is 0. The second kappa shape index (κ2) is 4.47. The zero-order chi connectivity index (χ0) is 9.90. The Kier molecular flexibility index (Phi) is 3.80. The lowest BCUT2D eigenvalue weighted by Gasteiger charge is -2.20. The van der Waals surface area contributed by atoms with Crippen LogP contribution in [0, 0.1) is 0 Å². The van der Waals surface area contributed by atoms with E-state index in [1.165, 1.54) is 25.0 Å². The fraction of sp³-hybridized carbons (Fsp3) is 0.900. The average molecular weight is 201 g/mol. The fourth-order valence-corrected chi connectivity index (χ4v) is 2.00. The van der Waals surface area contributed by atoms with Gasteiger partial charge in [0.05, 0.1) is 5.71 Å². The molecule has 76 valence electrons. The summed E-state index contributed by atoms with van der Waals surface area (Å²) in [5.74, 6) is 0. The lowest BCUT2D eigenvalue weighted by Crippen LogP contribution is -2.27. The van der Waals surface area contributed by atoms with Gasteiger partial charge in [-0.15, -0.1) is 0 Å². The summed E-state index contributed by atoms with van der Waals surface area (Å²) in [5.41, 5.74) is 1.17. The van der Waals surface area contributed by atoms with E-state index in [2.05, 4.69) is 4.40 Å². The predicted octanol–water partition coefficient (Wildman–Crippen LogP) is 2.85. The van der Waals surface area contributed by atoms with Gasteiger partial charge in [-0.05, 0) is 46.5 Å². The fourth-order valence-electron chi connectivity index (χ4n) is 1.31. The van der Waals surface area contributed by atoms with Gasteiger partial charge in [0, 0.05) is 0 Å². The smallest absolute Gasteiger partial charge is 0.144 e. The van der Waals surface area contributed by atoms with E-state index in [4.69, 9.17) is 0 Å². The standard InChI is InChI=1S/C10H19NOS/c1-10(2,3)13(12)11-9-7-5-4-6-8-9/h4-8H2,1-3H3/t13-/m0/s1. The third-order valence-corrected chi connectivity index (χ3v) is 3.64. The van der Waals surface area contributed by atoms with Crippen LogP contribution in [0.5, 0.6) is 0 Å². The predicted molar refractivity (Wildman–Crippen MR) is 58.4 cm³/mol. The van der Waals surface area contributed by atoms with Crippen molar-refractivity contribution in [3.63, 3.8) is 0 Å². The molecule has 0 aromatic carbocycles. The van der Waals surface area contributed by atoms with Crippen LogP contribution in [-0.4, -0.2) is 15.0 Å². The van der Waals surface area contributed by atoms with Crippen LogP contribution < -0.4 is 0 Å². The van der Waals surface area contributed by atoms with Crippen LogP contribution >= 0.6 is 0 Å². The Balaban J connectivity index is 2.53. The monoisotopic (exact) mass is 201 g/mol. The normalized spacial score (nSPS) is 21.4. The molecule has 13 heavy (non-hydrogen) atoms. The Morgan fingerprint density at radius 1 is 1.15 bits per heavy atom. The second-order valence-electron chi connectivity index (χ2n) is 4.58. The van der Waals surface area contributed by atoms with Crippen LogP contribution in [0.25, 0.3) is 0 Å².